The lowest BCUT2D eigenvalue weighted by Crippen LogP contribution is -2.36. The smallest absolute Gasteiger partial charge is 0.312 e. The standard InChI is InChI=1S/2C25H33NO2.C24H31NO2/c2*1-4-22-16-23(17-25(22,3)24(27)28-5-2)26(18-20-12-8-6-9-13-20)19-21-14-10-7-11-15-21;1-3-21-15-22(16-23(21)24(26)27-4-2)25(17-19-11-7-5-8-12-19)18-20-13-9-6-10-14-20/h2*6-15,22-23H,4-5,16-19H2,1-3H3;5-14,21-23H,3-4,15-18H2,1-2H3/t2*22-,23+,25?;/m10./s1. The fourth-order valence-electron chi connectivity index (χ4n) is 13.8. The van der Waals surface area contributed by atoms with Crippen molar-refractivity contribution in [3.8, 4) is 0 Å². The lowest BCUT2D eigenvalue weighted by atomic mass is 9.78. The van der Waals surface area contributed by atoms with E-state index in [-0.39, 0.29) is 34.7 Å². The zero-order valence-corrected chi connectivity index (χ0v) is 51.4. The fraction of sp³-hybridized carbons (Fsp3) is 0.473. The number of benzene rings is 6. The Morgan fingerprint density at radius 3 is 0.904 bits per heavy atom. The van der Waals surface area contributed by atoms with Gasteiger partial charge in [0.15, 0.2) is 0 Å². The third-order valence-electron chi connectivity index (χ3n) is 18.4. The van der Waals surface area contributed by atoms with Crippen molar-refractivity contribution in [3.63, 3.8) is 0 Å². The molecular weight excluding hydrogens is 1030 g/mol. The summed E-state index contributed by atoms with van der Waals surface area (Å²) in [5.74, 6) is 1.13. The molecule has 0 aromatic heterocycles. The number of carbonyl (C=O) groups is 3. The average Bonchev–Trinajstić information content (AvgIpc) is 3.91. The normalized spacial score (nSPS) is 23.7. The van der Waals surface area contributed by atoms with Gasteiger partial charge < -0.3 is 14.2 Å². The van der Waals surface area contributed by atoms with Crippen LogP contribution in [0.15, 0.2) is 182 Å². The Morgan fingerprint density at radius 2 is 0.651 bits per heavy atom. The van der Waals surface area contributed by atoms with Crippen LogP contribution in [0.3, 0.4) is 0 Å². The van der Waals surface area contributed by atoms with E-state index in [1.165, 1.54) is 33.4 Å². The predicted molar refractivity (Wildman–Crippen MR) is 336 cm³/mol. The van der Waals surface area contributed by atoms with Crippen LogP contribution >= 0.6 is 0 Å². The van der Waals surface area contributed by atoms with Gasteiger partial charge in [-0.25, -0.2) is 0 Å². The second-order valence-electron chi connectivity index (χ2n) is 24.0. The van der Waals surface area contributed by atoms with Crippen LogP contribution in [0.2, 0.25) is 0 Å². The minimum Gasteiger partial charge on any atom is -0.466 e. The number of hydrogen-bond donors (Lipinski definition) is 0. The topological polar surface area (TPSA) is 88.6 Å². The van der Waals surface area contributed by atoms with Gasteiger partial charge in [0.1, 0.15) is 0 Å². The average molecular weight is 1120 g/mol. The van der Waals surface area contributed by atoms with E-state index in [9.17, 15) is 14.4 Å². The maximum absolute atomic E-state index is 12.8. The summed E-state index contributed by atoms with van der Waals surface area (Å²) in [5, 5.41) is 0. The first kappa shape index (κ1) is 64.2. The highest BCUT2D eigenvalue weighted by atomic mass is 16.5. The van der Waals surface area contributed by atoms with Gasteiger partial charge in [0, 0.05) is 57.4 Å². The van der Waals surface area contributed by atoms with E-state index in [4.69, 9.17) is 14.2 Å². The van der Waals surface area contributed by atoms with Crippen LogP contribution < -0.4 is 0 Å². The van der Waals surface area contributed by atoms with E-state index < -0.39 is 0 Å². The zero-order chi connectivity index (χ0) is 59.0. The molecule has 6 aromatic carbocycles. The van der Waals surface area contributed by atoms with Crippen LogP contribution in [-0.2, 0) is 67.9 Å². The summed E-state index contributed by atoms with van der Waals surface area (Å²) in [4.78, 5) is 45.7. The molecule has 6 aromatic rings. The van der Waals surface area contributed by atoms with Gasteiger partial charge >= 0.3 is 17.9 Å². The van der Waals surface area contributed by atoms with E-state index in [1.807, 2.05) is 20.8 Å². The fourth-order valence-corrected chi connectivity index (χ4v) is 13.8. The lowest BCUT2D eigenvalue weighted by Gasteiger charge is -2.31. The minimum atomic E-state index is -0.388. The number of nitrogens with zero attached hydrogens (tertiary/aromatic N) is 3. The van der Waals surface area contributed by atoms with Crippen molar-refractivity contribution < 1.29 is 28.6 Å². The number of hydrogen-bond acceptors (Lipinski definition) is 9. The molecule has 3 aliphatic carbocycles. The molecule has 3 aliphatic rings. The maximum Gasteiger partial charge on any atom is 0.312 e. The lowest BCUT2D eigenvalue weighted by molar-refractivity contribution is -0.157. The largest absolute Gasteiger partial charge is 0.466 e. The van der Waals surface area contributed by atoms with Gasteiger partial charge in [0.2, 0.25) is 0 Å². The van der Waals surface area contributed by atoms with Gasteiger partial charge in [-0.05, 0) is 124 Å². The summed E-state index contributed by atoms with van der Waals surface area (Å²) in [6, 6.07) is 65.0. The van der Waals surface area contributed by atoms with Gasteiger partial charge in [0.25, 0.3) is 0 Å². The Kier molecular flexibility index (Phi) is 25.2. The molecule has 9 atom stereocenters. The number of carbonyl (C=O) groups excluding carboxylic acids is 3. The Hall–Kier alpha value is -6.39. The minimum absolute atomic E-state index is 0.00813. The Morgan fingerprint density at radius 1 is 0.373 bits per heavy atom. The van der Waals surface area contributed by atoms with Crippen molar-refractivity contribution in [2.75, 3.05) is 19.8 Å². The number of esters is 3. The summed E-state index contributed by atoms with van der Waals surface area (Å²) < 4.78 is 16.3. The van der Waals surface area contributed by atoms with Crippen molar-refractivity contribution in [1.82, 2.24) is 14.7 Å². The van der Waals surface area contributed by atoms with Crippen LogP contribution in [0.4, 0.5) is 0 Å². The van der Waals surface area contributed by atoms with Crippen LogP contribution in [-0.4, -0.2) is 70.6 Å². The second-order valence-corrected chi connectivity index (χ2v) is 24.0. The summed E-state index contributed by atoms with van der Waals surface area (Å²) >= 11 is 0. The molecule has 3 fully saturated rings. The van der Waals surface area contributed by atoms with Crippen molar-refractivity contribution in [1.29, 1.82) is 0 Å². The van der Waals surface area contributed by atoms with E-state index in [2.05, 4.69) is 231 Å². The molecule has 444 valence electrons. The molecule has 9 heteroatoms. The molecule has 0 N–H and O–H groups in total. The molecule has 0 spiro atoms. The summed E-state index contributed by atoms with van der Waals surface area (Å²) in [6.45, 7) is 23.3. The maximum atomic E-state index is 12.8. The quantitative estimate of drug-likeness (QED) is 0.0434. The highest BCUT2D eigenvalue weighted by Crippen LogP contribution is 2.49. The third kappa shape index (κ3) is 18.1. The highest BCUT2D eigenvalue weighted by molar-refractivity contribution is 5.78. The van der Waals surface area contributed by atoms with Gasteiger partial charge in [-0.15, -0.1) is 0 Å². The molecule has 0 aliphatic heterocycles. The Labute approximate surface area is 499 Å². The predicted octanol–water partition coefficient (Wildman–Crippen LogP) is 16.0. The van der Waals surface area contributed by atoms with Crippen molar-refractivity contribution in [2.24, 2.45) is 34.5 Å². The van der Waals surface area contributed by atoms with Crippen molar-refractivity contribution >= 4 is 17.9 Å². The molecule has 5 unspecified atom stereocenters. The van der Waals surface area contributed by atoms with E-state index in [0.717, 1.165) is 97.1 Å². The van der Waals surface area contributed by atoms with Crippen LogP contribution in [0, 0.1) is 34.5 Å². The highest BCUT2D eigenvalue weighted by Gasteiger charge is 2.52. The second kappa shape index (κ2) is 32.6. The van der Waals surface area contributed by atoms with Crippen LogP contribution in [0.25, 0.3) is 0 Å². The van der Waals surface area contributed by atoms with Crippen LogP contribution in [0.1, 0.15) is 147 Å². The molecule has 3 saturated carbocycles. The first-order valence-electron chi connectivity index (χ1n) is 31.3. The van der Waals surface area contributed by atoms with Crippen molar-refractivity contribution in [2.45, 2.75) is 171 Å². The molecule has 9 rings (SSSR count). The molecule has 9 nitrogen and oxygen atoms in total. The van der Waals surface area contributed by atoms with Crippen LogP contribution in [0.5, 0.6) is 0 Å². The Balaban J connectivity index is 0.000000179. The molecular formula is C74H97N3O6. The molecule has 83 heavy (non-hydrogen) atoms. The first-order valence-corrected chi connectivity index (χ1v) is 31.3. The zero-order valence-electron chi connectivity index (χ0n) is 51.4. The van der Waals surface area contributed by atoms with Crippen molar-refractivity contribution in [3.05, 3.63) is 215 Å². The summed E-state index contributed by atoms with van der Waals surface area (Å²) in [6.07, 6.45) is 8.85. The first-order chi connectivity index (χ1) is 40.3. The summed E-state index contributed by atoms with van der Waals surface area (Å²) in [7, 11) is 0. The van der Waals surface area contributed by atoms with Gasteiger partial charge in [-0.1, -0.05) is 222 Å². The monoisotopic (exact) mass is 1120 g/mol. The Bertz CT molecular complexity index is 2550. The number of ether oxygens (including phenoxy) is 3. The van der Waals surface area contributed by atoms with E-state index in [0.29, 0.717) is 55.7 Å². The molecule has 0 radical (unpaired) electrons. The van der Waals surface area contributed by atoms with E-state index in [1.54, 1.807) is 0 Å². The van der Waals surface area contributed by atoms with Gasteiger partial charge in [0.05, 0.1) is 36.6 Å². The van der Waals surface area contributed by atoms with Gasteiger partial charge in [-0.2, -0.15) is 0 Å². The van der Waals surface area contributed by atoms with Gasteiger partial charge in [-0.3, -0.25) is 29.1 Å². The molecule has 0 amide bonds. The number of rotatable bonds is 24. The summed E-state index contributed by atoms with van der Waals surface area (Å²) in [5.41, 5.74) is 7.13. The molecule has 0 heterocycles. The molecule has 0 bridgehead atoms. The SMILES string of the molecule is CCOC(=O)C1(C)C[C@@H](N(Cc2ccccc2)Cc2ccccc2)C[C@H]1CC.CCOC(=O)C1(C)C[C@H](N(Cc2ccccc2)Cc2ccccc2)C[C@@H]1CC.CCOC(=O)C1CC(N(Cc2ccccc2)Cc2ccccc2)CC1CC. The molecule has 0 saturated heterocycles. The third-order valence-corrected chi connectivity index (χ3v) is 18.4. The van der Waals surface area contributed by atoms with E-state index >= 15 is 0 Å².